The summed E-state index contributed by atoms with van der Waals surface area (Å²) in [5, 5.41) is 18.6. The Morgan fingerprint density at radius 1 is 1.12 bits per heavy atom. The van der Waals surface area contributed by atoms with Crippen LogP contribution in [0.4, 0.5) is 11.4 Å². The zero-order valence-corrected chi connectivity index (χ0v) is 13.6. The summed E-state index contributed by atoms with van der Waals surface area (Å²) in [7, 11) is -4.35. The molecule has 0 aliphatic heterocycles. The average molecular weight is 345 g/mol. The maximum Gasteiger partial charge on any atom is 0.294 e. The minimum absolute atomic E-state index is 0.112. The van der Waals surface area contributed by atoms with Crippen LogP contribution in [0.15, 0.2) is 57.6 Å². The Morgan fingerprint density at radius 3 is 2.58 bits per heavy atom. The SMILES string of the molecule is CCc1ccccc1N=Nc1c(O)[nH]c2ccc(S(=O)(=O)O)cc12. The van der Waals surface area contributed by atoms with Crippen LogP contribution in [0.3, 0.4) is 0 Å². The number of hydrogen-bond donors (Lipinski definition) is 3. The van der Waals surface area contributed by atoms with Crippen LogP contribution < -0.4 is 0 Å². The third-order valence-electron chi connectivity index (χ3n) is 3.65. The van der Waals surface area contributed by atoms with E-state index in [2.05, 4.69) is 15.2 Å². The van der Waals surface area contributed by atoms with Gasteiger partial charge >= 0.3 is 0 Å². The second-order valence-corrected chi connectivity index (χ2v) is 6.61. The molecule has 2 aromatic carbocycles. The largest absolute Gasteiger partial charge is 0.493 e. The molecule has 1 heterocycles. The molecule has 0 aliphatic rings. The molecule has 124 valence electrons. The molecule has 0 fully saturated rings. The normalized spacial score (nSPS) is 12.2. The molecule has 0 saturated heterocycles. The lowest BCUT2D eigenvalue weighted by Crippen LogP contribution is -1.96. The van der Waals surface area contributed by atoms with Gasteiger partial charge in [0.15, 0.2) is 5.69 Å². The second kappa shape index (κ2) is 6.06. The molecule has 0 radical (unpaired) electrons. The second-order valence-electron chi connectivity index (χ2n) is 5.19. The molecule has 0 spiro atoms. The first kappa shape index (κ1) is 16.2. The fraction of sp³-hybridized carbons (Fsp3) is 0.125. The van der Waals surface area contributed by atoms with Crippen LogP contribution in [0, 0.1) is 0 Å². The predicted octanol–water partition coefficient (Wildman–Crippen LogP) is 4.10. The third kappa shape index (κ3) is 3.01. The number of nitrogens with zero attached hydrogens (tertiary/aromatic N) is 2. The maximum atomic E-state index is 11.3. The van der Waals surface area contributed by atoms with Crippen molar-refractivity contribution in [3.05, 3.63) is 48.0 Å². The molecule has 0 atom stereocenters. The van der Waals surface area contributed by atoms with Crippen LogP contribution in [0.5, 0.6) is 5.88 Å². The van der Waals surface area contributed by atoms with Gasteiger partial charge in [-0.15, -0.1) is 5.11 Å². The van der Waals surface area contributed by atoms with Gasteiger partial charge in [0, 0.05) is 5.39 Å². The quantitative estimate of drug-likeness (QED) is 0.487. The van der Waals surface area contributed by atoms with E-state index < -0.39 is 10.1 Å². The number of rotatable bonds is 4. The van der Waals surface area contributed by atoms with E-state index in [1.165, 1.54) is 18.2 Å². The molecule has 0 aliphatic carbocycles. The van der Waals surface area contributed by atoms with Crippen LogP contribution in [-0.2, 0) is 16.5 Å². The van der Waals surface area contributed by atoms with Gasteiger partial charge < -0.3 is 10.1 Å². The van der Waals surface area contributed by atoms with E-state index in [0.717, 1.165) is 12.0 Å². The molecule has 8 heteroatoms. The van der Waals surface area contributed by atoms with Gasteiger partial charge in [0.25, 0.3) is 10.1 Å². The van der Waals surface area contributed by atoms with Gasteiger partial charge in [-0.1, -0.05) is 25.1 Å². The summed E-state index contributed by atoms with van der Waals surface area (Å²) >= 11 is 0. The number of azo groups is 1. The molecule has 3 aromatic rings. The minimum atomic E-state index is -4.35. The summed E-state index contributed by atoms with van der Waals surface area (Å²) in [6, 6.07) is 11.4. The number of aryl methyl sites for hydroxylation is 1. The molecule has 3 N–H and O–H groups in total. The van der Waals surface area contributed by atoms with Gasteiger partial charge in [-0.2, -0.15) is 13.5 Å². The van der Waals surface area contributed by atoms with Crippen molar-refractivity contribution < 1.29 is 18.1 Å². The lowest BCUT2D eigenvalue weighted by molar-refractivity contribution is 0.459. The Morgan fingerprint density at radius 2 is 1.88 bits per heavy atom. The highest BCUT2D eigenvalue weighted by molar-refractivity contribution is 7.85. The Labute approximate surface area is 138 Å². The zero-order chi connectivity index (χ0) is 17.3. The Bertz CT molecular complexity index is 1040. The van der Waals surface area contributed by atoms with Gasteiger partial charge in [0.2, 0.25) is 5.88 Å². The summed E-state index contributed by atoms with van der Waals surface area (Å²) in [5.74, 6) is -0.227. The predicted molar refractivity (Wildman–Crippen MR) is 89.8 cm³/mol. The summed E-state index contributed by atoms with van der Waals surface area (Å²) in [6.45, 7) is 2.00. The summed E-state index contributed by atoms with van der Waals surface area (Å²) in [4.78, 5) is 2.42. The van der Waals surface area contributed by atoms with Crippen molar-refractivity contribution in [3.63, 3.8) is 0 Å². The minimum Gasteiger partial charge on any atom is -0.493 e. The average Bonchev–Trinajstić information content (AvgIpc) is 2.86. The smallest absolute Gasteiger partial charge is 0.294 e. The van der Waals surface area contributed by atoms with Gasteiger partial charge in [-0.3, -0.25) is 4.55 Å². The number of nitrogens with one attached hydrogen (secondary N) is 1. The highest BCUT2D eigenvalue weighted by Crippen LogP contribution is 2.37. The number of aromatic nitrogens is 1. The van der Waals surface area contributed by atoms with Crippen molar-refractivity contribution >= 4 is 32.4 Å². The Balaban J connectivity index is 2.12. The van der Waals surface area contributed by atoms with Crippen molar-refractivity contribution in [2.75, 3.05) is 0 Å². The number of aromatic hydroxyl groups is 1. The summed E-state index contributed by atoms with van der Waals surface area (Å²) in [6.07, 6.45) is 0.780. The van der Waals surface area contributed by atoms with Crippen LogP contribution in [0.2, 0.25) is 0 Å². The van der Waals surface area contributed by atoms with Crippen molar-refractivity contribution in [1.82, 2.24) is 4.98 Å². The van der Waals surface area contributed by atoms with Crippen LogP contribution in [0.1, 0.15) is 12.5 Å². The van der Waals surface area contributed by atoms with E-state index in [4.69, 9.17) is 4.55 Å². The van der Waals surface area contributed by atoms with Crippen LogP contribution in [0.25, 0.3) is 10.9 Å². The molecule has 0 unspecified atom stereocenters. The number of fused-ring (bicyclic) bond motifs is 1. The molecule has 0 bridgehead atoms. The fourth-order valence-electron chi connectivity index (χ4n) is 2.42. The molecule has 1 aromatic heterocycles. The first-order chi connectivity index (χ1) is 11.4. The zero-order valence-electron chi connectivity index (χ0n) is 12.8. The van der Waals surface area contributed by atoms with Crippen molar-refractivity contribution in [2.24, 2.45) is 10.2 Å². The van der Waals surface area contributed by atoms with Crippen molar-refractivity contribution in [2.45, 2.75) is 18.2 Å². The summed E-state index contributed by atoms with van der Waals surface area (Å²) < 4.78 is 31.7. The van der Waals surface area contributed by atoms with Crippen molar-refractivity contribution in [3.8, 4) is 5.88 Å². The standard InChI is InChI=1S/C16H15N3O4S/c1-2-10-5-3-4-6-13(10)18-19-15-12-9-11(24(21,22)23)7-8-14(12)17-16(15)20/h3-9,17,20H,2H2,1H3,(H,21,22,23). The molecular weight excluding hydrogens is 330 g/mol. The third-order valence-corrected chi connectivity index (χ3v) is 4.50. The van der Waals surface area contributed by atoms with E-state index >= 15 is 0 Å². The van der Waals surface area contributed by atoms with E-state index in [0.29, 0.717) is 16.6 Å². The highest BCUT2D eigenvalue weighted by Gasteiger charge is 2.16. The van der Waals surface area contributed by atoms with Crippen molar-refractivity contribution in [1.29, 1.82) is 0 Å². The topological polar surface area (TPSA) is 115 Å². The van der Waals surface area contributed by atoms with E-state index in [-0.39, 0.29) is 16.5 Å². The monoisotopic (exact) mass is 345 g/mol. The molecule has 7 nitrogen and oxygen atoms in total. The van der Waals surface area contributed by atoms with E-state index in [9.17, 15) is 13.5 Å². The molecular formula is C16H15N3O4S. The first-order valence-corrected chi connectivity index (χ1v) is 8.66. The van der Waals surface area contributed by atoms with E-state index in [1.54, 1.807) is 6.07 Å². The van der Waals surface area contributed by atoms with Gasteiger partial charge in [0.05, 0.1) is 16.1 Å². The van der Waals surface area contributed by atoms with Crippen LogP contribution >= 0.6 is 0 Å². The molecule has 0 saturated carbocycles. The van der Waals surface area contributed by atoms with Gasteiger partial charge in [-0.25, -0.2) is 0 Å². The number of aromatic amines is 1. The first-order valence-electron chi connectivity index (χ1n) is 7.22. The molecule has 3 rings (SSSR count). The number of H-pyrrole nitrogens is 1. The Hall–Kier alpha value is -2.71. The Kier molecular flexibility index (Phi) is 4.08. The molecule has 0 amide bonds. The lowest BCUT2D eigenvalue weighted by atomic mass is 10.1. The highest BCUT2D eigenvalue weighted by atomic mass is 32.2. The van der Waals surface area contributed by atoms with Gasteiger partial charge in [-0.05, 0) is 36.2 Å². The lowest BCUT2D eigenvalue weighted by Gasteiger charge is -2.00. The van der Waals surface area contributed by atoms with Crippen LogP contribution in [-0.4, -0.2) is 23.1 Å². The summed E-state index contributed by atoms with van der Waals surface area (Å²) in [5.41, 5.74) is 2.26. The number of hydrogen-bond acceptors (Lipinski definition) is 5. The molecule has 24 heavy (non-hydrogen) atoms. The van der Waals surface area contributed by atoms with Gasteiger partial charge in [0.1, 0.15) is 0 Å². The fourth-order valence-corrected chi connectivity index (χ4v) is 2.92. The van der Waals surface area contributed by atoms with E-state index in [1.807, 2.05) is 25.1 Å². The number of benzene rings is 2. The maximum absolute atomic E-state index is 11.3.